The summed E-state index contributed by atoms with van der Waals surface area (Å²) in [7, 11) is -3.36. The Morgan fingerprint density at radius 2 is 2.07 bits per heavy atom. The first-order chi connectivity index (χ1) is 6.39. The number of hydrogen-bond donors (Lipinski definition) is 0. The van der Waals surface area contributed by atoms with Crippen molar-refractivity contribution in [3.63, 3.8) is 0 Å². The highest BCUT2D eigenvalue weighted by atomic mass is 32.2. The molecule has 14 heavy (non-hydrogen) atoms. The third-order valence-electron chi connectivity index (χ3n) is 1.30. The second kappa shape index (κ2) is 3.91. The molecule has 0 N–H and O–H groups in total. The van der Waals surface area contributed by atoms with Crippen LogP contribution < -0.4 is 4.74 Å². The highest BCUT2D eigenvalue weighted by molar-refractivity contribution is 7.90. The van der Waals surface area contributed by atoms with E-state index in [2.05, 4.69) is 9.97 Å². The Morgan fingerprint density at radius 3 is 2.57 bits per heavy atom. The monoisotopic (exact) mass is 216 g/mol. The van der Waals surface area contributed by atoms with Crippen LogP contribution >= 0.6 is 0 Å². The summed E-state index contributed by atoms with van der Waals surface area (Å²) in [6.07, 6.45) is 2.38. The Labute approximate surface area is 83.1 Å². The van der Waals surface area contributed by atoms with E-state index < -0.39 is 9.84 Å². The van der Waals surface area contributed by atoms with Crippen LogP contribution in [0.5, 0.6) is 5.88 Å². The highest BCUT2D eigenvalue weighted by Gasteiger charge is 2.11. The minimum absolute atomic E-state index is 0.0442. The van der Waals surface area contributed by atoms with Gasteiger partial charge >= 0.3 is 0 Å². The van der Waals surface area contributed by atoms with E-state index in [-0.39, 0.29) is 17.1 Å². The molecular weight excluding hydrogens is 204 g/mol. The van der Waals surface area contributed by atoms with E-state index in [1.165, 1.54) is 12.3 Å². The van der Waals surface area contributed by atoms with Gasteiger partial charge in [0.25, 0.3) is 0 Å². The minimum Gasteiger partial charge on any atom is -0.475 e. The molecule has 5 nitrogen and oxygen atoms in total. The van der Waals surface area contributed by atoms with Crippen LogP contribution in [-0.2, 0) is 9.84 Å². The smallest absolute Gasteiger partial charge is 0.250 e. The molecule has 0 atom stereocenters. The summed E-state index contributed by atoms with van der Waals surface area (Å²) in [4.78, 5) is 7.40. The van der Waals surface area contributed by atoms with Crippen molar-refractivity contribution in [2.75, 3.05) is 6.26 Å². The summed E-state index contributed by atoms with van der Waals surface area (Å²) in [5.41, 5.74) is 0. The van der Waals surface area contributed by atoms with Gasteiger partial charge in [-0.3, -0.25) is 0 Å². The lowest BCUT2D eigenvalue weighted by Gasteiger charge is -2.08. The van der Waals surface area contributed by atoms with Crippen LogP contribution in [0, 0.1) is 0 Å². The molecule has 1 aromatic heterocycles. The molecular formula is C8H12N2O3S. The molecule has 0 saturated carbocycles. The van der Waals surface area contributed by atoms with Gasteiger partial charge in [0.05, 0.1) is 6.10 Å². The first kappa shape index (κ1) is 10.9. The van der Waals surface area contributed by atoms with Gasteiger partial charge in [0, 0.05) is 18.5 Å². The van der Waals surface area contributed by atoms with Crippen LogP contribution in [0.25, 0.3) is 0 Å². The van der Waals surface area contributed by atoms with Crippen molar-refractivity contribution in [2.24, 2.45) is 0 Å². The second-order valence-electron chi connectivity index (χ2n) is 3.12. The molecule has 0 aliphatic heterocycles. The number of sulfone groups is 1. The molecule has 1 rings (SSSR count). The average Bonchev–Trinajstić information content (AvgIpc) is 2.01. The standard InChI is InChI=1S/C8H12N2O3S/c1-6(2)13-7-4-5-9-8(10-7)14(3,11)12/h4-6H,1-3H3. The average molecular weight is 216 g/mol. The Bertz CT molecular complexity index is 414. The van der Waals surface area contributed by atoms with E-state index in [1.54, 1.807) is 0 Å². The van der Waals surface area contributed by atoms with Gasteiger partial charge in [0.1, 0.15) is 0 Å². The van der Waals surface area contributed by atoms with Crippen LogP contribution in [0.2, 0.25) is 0 Å². The van der Waals surface area contributed by atoms with Crippen molar-refractivity contribution in [2.45, 2.75) is 25.1 Å². The van der Waals surface area contributed by atoms with Gasteiger partial charge in [-0.25, -0.2) is 13.4 Å². The van der Waals surface area contributed by atoms with E-state index in [0.717, 1.165) is 6.26 Å². The van der Waals surface area contributed by atoms with Gasteiger partial charge in [0.15, 0.2) is 0 Å². The summed E-state index contributed by atoms with van der Waals surface area (Å²) >= 11 is 0. The van der Waals surface area contributed by atoms with Crippen LogP contribution in [0.15, 0.2) is 17.4 Å². The zero-order valence-electron chi connectivity index (χ0n) is 8.26. The van der Waals surface area contributed by atoms with Crippen molar-refractivity contribution >= 4 is 9.84 Å². The molecule has 1 heterocycles. The molecule has 0 saturated heterocycles. The fourth-order valence-corrected chi connectivity index (χ4v) is 1.32. The van der Waals surface area contributed by atoms with E-state index in [1.807, 2.05) is 13.8 Å². The Morgan fingerprint density at radius 1 is 1.43 bits per heavy atom. The normalized spacial score (nSPS) is 11.7. The number of nitrogens with zero attached hydrogens (tertiary/aromatic N) is 2. The third kappa shape index (κ3) is 2.95. The third-order valence-corrected chi connectivity index (χ3v) is 2.16. The quantitative estimate of drug-likeness (QED) is 0.694. The lowest BCUT2D eigenvalue weighted by atomic mass is 10.5. The Kier molecular flexibility index (Phi) is 3.05. The van der Waals surface area contributed by atoms with Gasteiger partial charge in [-0.05, 0) is 13.8 Å². The molecule has 0 bridgehead atoms. The maximum atomic E-state index is 11.1. The van der Waals surface area contributed by atoms with Crippen molar-refractivity contribution in [1.29, 1.82) is 0 Å². The van der Waals surface area contributed by atoms with Gasteiger partial charge in [-0.15, -0.1) is 0 Å². The second-order valence-corrected chi connectivity index (χ2v) is 5.03. The fourth-order valence-electron chi connectivity index (χ4n) is 0.811. The lowest BCUT2D eigenvalue weighted by Crippen LogP contribution is -2.10. The summed E-state index contributed by atoms with van der Waals surface area (Å²) in [5, 5.41) is -0.212. The number of ether oxygens (including phenoxy) is 1. The predicted octanol–water partition coefficient (Wildman–Crippen LogP) is 0.667. The van der Waals surface area contributed by atoms with Crippen LogP contribution in [0.4, 0.5) is 0 Å². The maximum absolute atomic E-state index is 11.1. The highest BCUT2D eigenvalue weighted by Crippen LogP contribution is 2.10. The van der Waals surface area contributed by atoms with Gasteiger partial charge in [0.2, 0.25) is 20.9 Å². The minimum atomic E-state index is -3.36. The molecule has 1 aromatic rings. The van der Waals surface area contributed by atoms with Gasteiger partial charge in [-0.2, -0.15) is 4.98 Å². The SMILES string of the molecule is CC(C)Oc1ccnc(S(C)(=O)=O)n1. The molecule has 0 fully saturated rings. The van der Waals surface area contributed by atoms with Crippen molar-refractivity contribution in [3.8, 4) is 5.88 Å². The van der Waals surface area contributed by atoms with E-state index in [4.69, 9.17) is 4.74 Å². The van der Waals surface area contributed by atoms with E-state index in [9.17, 15) is 8.42 Å². The molecule has 6 heteroatoms. The zero-order valence-corrected chi connectivity index (χ0v) is 9.08. The molecule has 0 aliphatic carbocycles. The Balaban J connectivity index is 3.02. The fraction of sp³-hybridized carbons (Fsp3) is 0.500. The zero-order chi connectivity index (χ0) is 10.8. The lowest BCUT2D eigenvalue weighted by molar-refractivity contribution is 0.230. The summed E-state index contributed by atoms with van der Waals surface area (Å²) < 4.78 is 27.4. The molecule has 0 spiro atoms. The van der Waals surface area contributed by atoms with Crippen molar-refractivity contribution in [3.05, 3.63) is 12.3 Å². The van der Waals surface area contributed by atoms with Gasteiger partial charge < -0.3 is 4.74 Å². The molecule has 78 valence electrons. The topological polar surface area (TPSA) is 69.2 Å². The van der Waals surface area contributed by atoms with Crippen molar-refractivity contribution in [1.82, 2.24) is 9.97 Å². The first-order valence-electron chi connectivity index (χ1n) is 4.09. The summed E-state index contributed by atoms with van der Waals surface area (Å²) in [5.74, 6) is 0.274. The molecule has 0 amide bonds. The van der Waals surface area contributed by atoms with Crippen LogP contribution in [-0.4, -0.2) is 30.7 Å². The van der Waals surface area contributed by atoms with Gasteiger partial charge in [-0.1, -0.05) is 0 Å². The number of rotatable bonds is 3. The molecule has 0 unspecified atom stereocenters. The summed E-state index contributed by atoms with van der Waals surface area (Å²) in [6.45, 7) is 3.67. The Hall–Kier alpha value is -1.17. The first-order valence-corrected chi connectivity index (χ1v) is 5.98. The maximum Gasteiger partial charge on any atom is 0.250 e. The van der Waals surface area contributed by atoms with Crippen LogP contribution in [0.3, 0.4) is 0 Å². The van der Waals surface area contributed by atoms with E-state index >= 15 is 0 Å². The van der Waals surface area contributed by atoms with E-state index in [0.29, 0.717) is 0 Å². The molecule has 0 radical (unpaired) electrons. The van der Waals surface area contributed by atoms with Crippen LogP contribution in [0.1, 0.15) is 13.8 Å². The molecule has 0 aliphatic rings. The number of hydrogen-bond acceptors (Lipinski definition) is 5. The molecule has 0 aromatic carbocycles. The van der Waals surface area contributed by atoms with Crippen molar-refractivity contribution < 1.29 is 13.2 Å². The largest absolute Gasteiger partial charge is 0.475 e. The predicted molar refractivity (Wildman–Crippen MR) is 50.9 cm³/mol. The number of aromatic nitrogens is 2. The summed E-state index contributed by atoms with van der Waals surface area (Å²) in [6, 6.07) is 1.52.